The highest BCUT2D eigenvalue weighted by Gasteiger charge is 2.52. The number of nitrogens with zero attached hydrogens (tertiary/aromatic N) is 1. The first-order chi connectivity index (χ1) is 9.68. The Labute approximate surface area is 120 Å². The second-order valence-electron chi connectivity index (χ2n) is 6.15. The molecule has 0 bridgehead atoms. The number of nitrogens with one attached hydrogen (secondary N) is 1. The maximum absolute atomic E-state index is 11.9. The summed E-state index contributed by atoms with van der Waals surface area (Å²) in [6.07, 6.45) is 3.19. The van der Waals surface area contributed by atoms with Crippen LogP contribution in [-0.2, 0) is 11.3 Å². The maximum atomic E-state index is 11.9. The molecule has 2 aliphatic rings. The lowest BCUT2D eigenvalue weighted by Gasteiger charge is -2.37. The van der Waals surface area contributed by atoms with Gasteiger partial charge in [0.25, 0.3) is 0 Å². The molecule has 0 radical (unpaired) electrons. The number of piperidine rings is 1. The van der Waals surface area contributed by atoms with Gasteiger partial charge in [0, 0.05) is 18.0 Å². The Hall–Kier alpha value is -1.55. The third-order valence-electron chi connectivity index (χ3n) is 4.52. The number of hydrogen-bond acceptors (Lipinski definition) is 3. The lowest BCUT2D eigenvalue weighted by molar-refractivity contribution is 0.108. The predicted molar refractivity (Wildman–Crippen MR) is 77.3 cm³/mol. The molecule has 1 aromatic carbocycles. The Morgan fingerprint density at radius 2 is 2.15 bits per heavy atom. The van der Waals surface area contributed by atoms with Gasteiger partial charge >= 0.3 is 6.09 Å². The van der Waals surface area contributed by atoms with Crippen LogP contribution in [0.15, 0.2) is 30.3 Å². The van der Waals surface area contributed by atoms with Crippen molar-refractivity contribution in [2.75, 3.05) is 20.1 Å². The third kappa shape index (κ3) is 2.96. The molecule has 1 atom stereocenters. The van der Waals surface area contributed by atoms with E-state index in [1.54, 1.807) is 0 Å². The van der Waals surface area contributed by atoms with Crippen LogP contribution in [0, 0.1) is 5.41 Å². The van der Waals surface area contributed by atoms with Crippen LogP contribution in [0.1, 0.15) is 24.8 Å². The van der Waals surface area contributed by atoms with E-state index in [0.29, 0.717) is 12.0 Å². The average Bonchev–Trinajstić information content (AvgIpc) is 3.21. The summed E-state index contributed by atoms with van der Waals surface area (Å²) < 4.78 is 5.32. The van der Waals surface area contributed by atoms with Crippen LogP contribution in [0.3, 0.4) is 0 Å². The molecule has 4 nitrogen and oxygen atoms in total. The van der Waals surface area contributed by atoms with Gasteiger partial charge in [-0.3, -0.25) is 0 Å². The van der Waals surface area contributed by atoms with Gasteiger partial charge in [0.05, 0.1) is 0 Å². The van der Waals surface area contributed by atoms with E-state index in [2.05, 4.69) is 17.3 Å². The van der Waals surface area contributed by atoms with Gasteiger partial charge in [-0.25, -0.2) is 4.79 Å². The fourth-order valence-corrected chi connectivity index (χ4v) is 3.18. The number of carbonyl (C=O) groups is 1. The zero-order valence-electron chi connectivity index (χ0n) is 12.0. The summed E-state index contributed by atoms with van der Waals surface area (Å²) in [7, 11) is 2.16. The van der Waals surface area contributed by atoms with Crippen molar-refractivity contribution in [3.05, 3.63) is 35.9 Å². The monoisotopic (exact) mass is 274 g/mol. The molecular formula is C16H22N2O2. The van der Waals surface area contributed by atoms with Crippen LogP contribution in [0.25, 0.3) is 0 Å². The van der Waals surface area contributed by atoms with Crippen LogP contribution in [0.2, 0.25) is 0 Å². The van der Waals surface area contributed by atoms with Crippen molar-refractivity contribution in [1.82, 2.24) is 10.2 Å². The number of carbonyl (C=O) groups excluding carboxylic acids is 1. The minimum absolute atomic E-state index is 0.280. The summed E-state index contributed by atoms with van der Waals surface area (Å²) in [6.45, 7) is 2.48. The number of rotatable bonds is 3. The van der Waals surface area contributed by atoms with E-state index >= 15 is 0 Å². The number of likely N-dealkylation sites (tertiary alicyclic amines) is 1. The first-order valence-corrected chi connectivity index (χ1v) is 7.34. The number of amides is 1. The highest BCUT2D eigenvalue weighted by Crippen LogP contribution is 2.51. The van der Waals surface area contributed by atoms with Crippen LogP contribution in [-0.4, -0.2) is 37.2 Å². The van der Waals surface area contributed by atoms with E-state index in [4.69, 9.17) is 4.74 Å². The fraction of sp³-hybridized carbons (Fsp3) is 0.562. The minimum Gasteiger partial charge on any atom is -0.445 e. The van der Waals surface area contributed by atoms with Crippen LogP contribution >= 0.6 is 0 Å². The maximum Gasteiger partial charge on any atom is 0.407 e. The summed E-state index contributed by atoms with van der Waals surface area (Å²) in [5, 5.41) is 3.07. The van der Waals surface area contributed by atoms with Crippen molar-refractivity contribution < 1.29 is 9.53 Å². The standard InChI is InChI=1S/C16H22N2O2/c1-18-10-7-14(16(12-18)8-9-16)17-15(19)20-11-13-5-3-2-4-6-13/h2-6,14H,7-12H2,1H3,(H,17,19). The predicted octanol–water partition coefficient (Wildman–Crippen LogP) is 2.40. The molecule has 20 heavy (non-hydrogen) atoms. The summed E-state index contributed by atoms with van der Waals surface area (Å²) >= 11 is 0. The zero-order valence-corrected chi connectivity index (χ0v) is 12.0. The SMILES string of the molecule is CN1CCC(NC(=O)OCc2ccccc2)C2(CC2)C1. The first kappa shape index (κ1) is 13.4. The van der Waals surface area contributed by atoms with Gasteiger partial charge in [-0.2, -0.15) is 0 Å². The van der Waals surface area contributed by atoms with Crippen molar-refractivity contribution in [3.8, 4) is 0 Å². The molecule has 108 valence electrons. The first-order valence-electron chi connectivity index (χ1n) is 7.34. The van der Waals surface area contributed by atoms with Gasteiger partial charge in [-0.1, -0.05) is 30.3 Å². The van der Waals surface area contributed by atoms with Gasteiger partial charge in [0.2, 0.25) is 0 Å². The summed E-state index contributed by atoms with van der Waals surface area (Å²) in [5.74, 6) is 0. The number of hydrogen-bond donors (Lipinski definition) is 1. The Morgan fingerprint density at radius 3 is 2.85 bits per heavy atom. The molecule has 1 aliphatic carbocycles. The topological polar surface area (TPSA) is 41.6 Å². The van der Waals surface area contributed by atoms with Crippen molar-refractivity contribution in [2.45, 2.75) is 31.9 Å². The van der Waals surface area contributed by atoms with Crippen molar-refractivity contribution in [1.29, 1.82) is 0 Å². The fourth-order valence-electron chi connectivity index (χ4n) is 3.18. The summed E-state index contributed by atoms with van der Waals surface area (Å²) in [5.41, 5.74) is 1.34. The highest BCUT2D eigenvalue weighted by molar-refractivity contribution is 5.67. The molecule has 2 fully saturated rings. The van der Waals surface area contributed by atoms with E-state index in [9.17, 15) is 4.79 Å². The third-order valence-corrected chi connectivity index (χ3v) is 4.52. The second-order valence-corrected chi connectivity index (χ2v) is 6.15. The molecule has 1 N–H and O–H groups in total. The molecule has 1 saturated carbocycles. The lowest BCUT2D eigenvalue weighted by atomic mass is 9.89. The van der Waals surface area contributed by atoms with Crippen molar-refractivity contribution in [3.63, 3.8) is 0 Å². The average molecular weight is 274 g/mol. The minimum atomic E-state index is -0.283. The second kappa shape index (κ2) is 5.44. The molecule has 1 heterocycles. The molecule has 1 saturated heterocycles. The van der Waals surface area contributed by atoms with E-state index in [-0.39, 0.29) is 12.1 Å². The molecule has 1 aliphatic heterocycles. The Balaban J connectivity index is 1.49. The van der Waals surface area contributed by atoms with Gasteiger partial charge in [0.1, 0.15) is 6.61 Å². The van der Waals surface area contributed by atoms with Gasteiger partial charge < -0.3 is 15.0 Å². The van der Waals surface area contributed by atoms with Gasteiger partial charge in [-0.05, 0) is 38.4 Å². The van der Waals surface area contributed by atoms with Gasteiger partial charge in [0.15, 0.2) is 0 Å². The normalized spacial score (nSPS) is 24.4. The molecule has 1 spiro atoms. The van der Waals surface area contributed by atoms with Crippen LogP contribution < -0.4 is 5.32 Å². The van der Waals surface area contributed by atoms with E-state index < -0.39 is 0 Å². The molecule has 3 rings (SSSR count). The Morgan fingerprint density at radius 1 is 1.40 bits per heavy atom. The molecule has 1 unspecified atom stereocenters. The van der Waals surface area contributed by atoms with E-state index in [1.165, 1.54) is 12.8 Å². The molecule has 4 heteroatoms. The lowest BCUT2D eigenvalue weighted by Crippen LogP contribution is -2.51. The number of benzene rings is 1. The Bertz CT molecular complexity index is 471. The molecule has 1 amide bonds. The van der Waals surface area contributed by atoms with Crippen molar-refractivity contribution >= 4 is 6.09 Å². The van der Waals surface area contributed by atoms with Gasteiger partial charge in [-0.15, -0.1) is 0 Å². The number of ether oxygens (including phenoxy) is 1. The van der Waals surface area contributed by atoms with E-state index in [1.807, 2.05) is 30.3 Å². The van der Waals surface area contributed by atoms with Crippen LogP contribution in [0.4, 0.5) is 4.79 Å². The number of alkyl carbamates (subject to hydrolysis) is 1. The molecular weight excluding hydrogens is 252 g/mol. The summed E-state index contributed by atoms with van der Waals surface area (Å²) in [6, 6.07) is 10.1. The zero-order chi connectivity index (χ0) is 14.0. The van der Waals surface area contributed by atoms with E-state index in [0.717, 1.165) is 25.1 Å². The van der Waals surface area contributed by atoms with Crippen molar-refractivity contribution in [2.24, 2.45) is 5.41 Å². The Kier molecular flexibility index (Phi) is 3.66. The largest absolute Gasteiger partial charge is 0.445 e. The molecule has 0 aromatic heterocycles. The summed E-state index contributed by atoms with van der Waals surface area (Å²) in [4.78, 5) is 14.3. The quantitative estimate of drug-likeness (QED) is 0.920. The highest BCUT2D eigenvalue weighted by atomic mass is 16.5. The molecule has 1 aromatic rings. The smallest absolute Gasteiger partial charge is 0.407 e. The van der Waals surface area contributed by atoms with Crippen LogP contribution in [0.5, 0.6) is 0 Å².